The summed E-state index contributed by atoms with van der Waals surface area (Å²) in [6, 6.07) is 51.8. The highest BCUT2D eigenvalue weighted by molar-refractivity contribution is 6.99. The minimum atomic E-state index is -3.39. The summed E-state index contributed by atoms with van der Waals surface area (Å²) >= 11 is 0. The Morgan fingerprint density at radius 3 is 1.36 bits per heavy atom. The molecule has 0 unspecified atom stereocenters. The molecule has 0 aromatic heterocycles. The first-order valence-electron chi connectivity index (χ1n) is 34.7. The largest absolute Gasteiger partial charge is 0.497 e. The molecule has 11 atom stereocenters. The molecule has 0 amide bonds. The number of unbranched alkanes of at least 4 members (excludes halogenated alkanes) is 8. The third-order valence-electron chi connectivity index (χ3n) is 18.2. The molecule has 6 aromatic rings. The van der Waals surface area contributed by atoms with Crippen molar-refractivity contribution in [2.75, 3.05) is 42.2 Å². The van der Waals surface area contributed by atoms with Gasteiger partial charge in [0.2, 0.25) is 0 Å². The fraction of sp³-hybridized carbons (Fsp3) is 0.519. The van der Waals surface area contributed by atoms with E-state index < -0.39 is 80.7 Å². The second-order valence-corrected chi connectivity index (χ2v) is 30.5. The van der Waals surface area contributed by atoms with Gasteiger partial charge in [-0.15, -0.1) is 0 Å². The van der Waals surface area contributed by atoms with Crippen molar-refractivity contribution in [2.24, 2.45) is 0 Å². The van der Waals surface area contributed by atoms with Crippen LogP contribution in [0.5, 0.6) is 23.0 Å². The maximum Gasteiger partial charge on any atom is 0.305 e. The van der Waals surface area contributed by atoms with Crippen LogP contribution in [0.15, 0.2) is 158 Å². The van der Waals surface area contributed by atoms with E-state index in [-0.39, 0.29) is 45.1 Å². The number of hydrogen-bond acceptors (Lipinski definition) is 17. The van der Waals surface area contributed by atoms with E-state index in [2.05, 4.69) is 76.2 Å². The summed E-state index contributed by atoms with van der Waals surface area (Å²) in [5.41, 5.74) is 3.53. The Labute approximate surface area is 577 Å². The van der Waals surface area contributed by atoms with Crippen molar-refractivity contribution in [3.05, 3.63) is 180 Å². The quantitative estimate of drug-likeness (QED) is 0.0202. The smallest absolute Gasteiger partial charge is 0.305 e. The normalized spacial score (nSPS) is 21.5. The van der Waals surface area contributed by atoms with Crippen LogP contribution < -0.4 is 29.3 Å². The number of hydrogen-bond donors (Lipinski definition) is 0. The van der Waals surface area contributed by atoms with Gasteiger partial charge in [0.05, 0.1) is 80.8 Å². The van der Waals surface area contributed by atoms with Crippen LogP contribution in [0.1, 0.15) is 147 Å². The number of carbonyl (C=O) groups is 2. The summed E-state index contributed by atoms with van der Waals surface area (Å²) in [4.78, 5) is 25.9. The van der Waals surface area contributed by atoms with Gasteiger partial charge in [-0.05, 0) is 112 Å². The molecule has 2 aliphatic rings. The van der Waals surface area contributed by atoms with Gasteiger partial charge in [-0.1, -0.05) is 195 Å². The minimum Gasteiger partial charge on any atom is -0.497 e. The molecule has 17 nitrogen and oxygen atoms in total. The Kier molecular flexibility index (Phi) is 30.7. The topological polar surface area (TPSA) is 173 Å². The molecular formula is C79H106O17Si. The fourth-order valence-corrected chi connectivity index (χ4v) is 17.7. The molecule has 2 heterocycles. The zero-order chi connectivity index (χ0) is 69.0. The van der Waals surface area contributed by atoms with E-state index in [4.69, 9.17) is 70.7 Å². The van der Waals surface area contributed by atoms with Gasteiger partial charge < -0.3 is 70.7 Å². The maximum atomic E-state index is 14.1. The average molecular weight is 1360 g/mol. The lowest BCUT2D eigenvalue weighted by Crippen LogP contribution is -2.72. The van der Waals surface area contributed by atoms with Crippen molar-refractivity contribution in [3.8, 4) is 23.0 Å². The lowest BCUT2D eigenvalue weighted by atomic mass is 9.96. The molecule has 528 valence electrons. The van der Waals surface area contributed by atoms with Gasteiger partial charge >= 0.3 is 11.9 Å². The number of rotatable bonds is 40. The van der Waals surface area contributed by atoms with E-state index >= 15 is 0 Å². The lowest BCUT2D eigenvalue weighted by Gasteiger charge is -2.52. The first-order chi connectivity index (χ1) is 47.1. The van der Waals surface area contributed by atoms with E-state index in [0.717, 1.165) is 115 Å². The molecule has 0 bridgehead atoms. The SMILES string of the molecule is CCCCC[C@@H](CCCCCCCCCC(=O)OC)O[C@@H]1O[C@H](COCc2ccc(OC)cc2)[C@@H](OCc2ccc(OC)cc2)[C@H](OCc2ccc(OC)cc2)[C@H]1O[C@@H]1O[C@@H](C)[C@H](O[Si](c2ccccc2)(c2ccccc2)C(C)(C)C)[C@@H](OCc2ccc(OC)cc2)[C@H]1OC(C)=O. The third kappa shape index (κ3) is 22.2. The molecule has 6 aromatic carbocycles. The summed E-state index contributed by atoms with van der Waals surface area (Å²) in [6.45, 7) is 12.9. The van der Waals surface area contributed by atoms with E-state index in [0.29, 0.717) is 23.7 Å². The standard InChI is InChI=1S/C79H106O17Si/c1-12-13-21-28-66(29-22-17-15-14-16-18-27-34-70(81)86-11)93-78-76(74(90-54-61-41-49-65(85-10)50-42-61)72(88-52-59-37-45-63(83-8)46-38-59)69(94-78)55-87-51-58-35-43-62(82-7)44-36-58)95-77-75(92-57(3)80)73(89-53-60-39-47-64(84-9)48-40-60)71(56(2)91-77)96-97(79(4,5)6,67-30-23-19-24-31-67)68-32-25-20-26-33-68/h19-20,23-26,30-33,35-50,56,66,69,71-78H,12-18,21-22,27-29,34,51-55H2,1-11H3/t56-,66-,69+,71-,72+,73+,74-,75+,76+,77-,78+/m0/s1. The zero-order valence-corrected chi connectivity index (χ0v) is 60.0. The second-order valence-electron chi connectivity index (χ2n) is 26.3. The van der Waals surface area contributed by atoms with E-state index in [1.807, 2.05) is 116 Å². The monoisotopic (exact) mass is 1350 g/mol. The average Bonchev–Trinajstić information content (AvgIpc) is 0.738. The highest BCUT2D eigenvalue weighted by atomic mass is 28.4. The van der Waals surface area contributed by atoms with Gasteiger partial charge in [0.1, 0.15) is 59.6 Å². The predicted octanol–water partition coefficient (Wildman–Crippen LogP) is 14.4. The first-order valence-corrected chi connectivity index (χ1v) is 36.6. The van der Waals surface area contributed by atoms with Crippen LogP contribution in [0.2, 0.25) is 5.04 Å². The van der Waals surface area contributed by atoms with Crippen LogP contribution in [0.4, 0.5) is 0 Å². The molecule has 18 heteroatoms. The summed E-state index contributed by atoms with van der Waals surface area (Å²) < 4.78 is 100. The molecule has 2 saturated heterocycles. The van der Waals surface area contributed by atoms with Crippen LogP contribution in [0.25, 0.3) is 0 Å². The number of esters is 2. The van der Waals surface area contributed by atoms with Crippen molar-refractivity contribution in [3.63, 3.8) is 0 Å². The Bertz CT molecular complexity index is 3150. The van der Waals surface area contributed by atoms with Crippen molar-refractivity contribution in [2.45, 2.75) is 224 Å². The van der Waals surface area contributed by atoms with Gasteiger partial charge in [-0.25, -0.2) is 0 Å². The Balaban J connectivity index is 1.24. The van der Waals surface area contributed by atoms with E-state index in [1.165, 1.54) is 14.0 Å². The number of methoxy groups -OCH3 is 5. The summed E-state index contributed by atoms with van der Waals surface area (Å²) in [5, 5.41) is 1.64. The van der Waals surface area contributed by atoms with Gasteiger partial charge in [0, 0.05) is 13.3 Å². The van der Waals surface area contributed by atoms with Gasteiger partial charge in [-0.2, -0.15) is 0 Å². The fourth-order valence-electron chi connectivity index (χ4n) is 12.9. The highest BCUT2D eigenvalue weighted by Crippen LogP contribution is 2.43. The Morgan fingerprint density at radius 1 is 0.485 bits per heavy atom. The van der Waals surface area contributed by atoms with Crippen LogP contribution >= 0.6 is 0 Å². The van der Waals surface area contributed by atoms with Crippen molar-refractivity contribution < 1.29 is 80.3 Å². The molecule has 2 aliphatic heterocycles. The van der Waals surface area contributed by atoms with E-state index in [9.17, 15) is 9.59 Å². The van der Waals surface area contributed by atoms with Crippen molar-refractivity contribution in [1.29, 1.82) is 0 Å². The third-order valence-corrected chi connectivity index (χ3v) is 23.3. The van der Waals surface area contributed by atoms with Gasteiger partial charge in [0.15, 0.2) is 18.7 Å². The summed E-state index contributed by atoms with van der Waals surface area (Å²) in [5.74, 6) is 2.09. The Hall–Kier alpha value is -6.68. The van der Waals surface area contributed by atoms with Gasteiger partial charge in [-0.3, -0.25) is 9.59 Å². The number of ether oxygens (including phenoxy) is 14. The van der Waals surface area contributed by atoms with Crippen LogP contribution in [0.3, 0.4) is 0 Å². The van der Waals surface area contributed by atoms with E-state index in [1.54, 1.807) is 28.4 Å². The molecule has 8 rings (SSSR count). The molecule has 0 radical (unpaired) electrons. The van der Waals surface area contributed by atoms with Crippen LogP contribution in [-0.2, 0) is 87.8 Å². The van der Waals surface area contributed by atoms with Crippen LogP contribution in [-0.4, -0.2) is 130 Å². The number of carbonyl (C=O) groups excluding carboxylic acids is 2. The summed E-state index contributed by atoms with van der Waals surface area (Å²) in [6.07, 6.45) is 1.42. The molecule has 2 fully saturated rings. The second kappa shape index (κ2) is 39.2. The van der Waals surface area contributed by atoms with Crippen LogP contribution in [0, 0.1) is 0 Å². The predicted molar refractivity (Wildman–Crippen MR) is 376 cm³/mol. The lowest BCUT2D eigenvalue weighted by molar-refractivity contribution is -0.378. The van der Waals surface area contributed by atoms with Crippen molar-refractivity contribution in [1.82, 2.24) is 0 Å². The van der Waals surface area contributed by atoms with Gasteiger partial charge in [0.25, 0.3) is 8.32 Å². The zero-order valence-electron chi connectivity index (χ0n) is 59.0. The van der Waals surface area contributed by atoms with Crippen molar-refractivity contribution >= 4 is 30.6 Å². The molecule has 0 aliphatic carbocycles. The molecular weight excluding hydrogens is 1250 g/mol. The highest BCUT2D eigenvalue weighted by Gasteiger charge is 2.59. The minimum absolute atomic E-state index is 0.0734. The summed E-state index contributed by atoms with van der Waals surface area (Å²) in [7, 11) is 4.61. The first kappa shape index (κ1) is 76.1. The molecule has 0 spiro atoms. The molecule has 97 heavy (non-hydrogen) atoms. The molecule has 0 saturated carbocycles. The maximum absolute atomic E-state index is 14.1. The number of benzene rings is 6. The Morgan fingerprint density at radius 2 is 0.918 bits per heavy atom. The molecule has 0 N–H and O–H groups in total.